The van der Waals surface area contributed by atoms with Crippen LogP contribution in [0.15, 0.2) is 42.5 Å². The average Bonchev–Trinajstić information content (AvgIpc) is 2.70. The molecule has 1 fully saturated rings. The number of nitrogens with one attached hydrogen (secondary N) is 1. The molecule has 0 spiro atoms. The molecular formula is C22H28N2O3. The molecule has 1 amide bonds. The lowest BCUT2D eigenvalue weighted by atomic mass is 10.1. The Morgan fingerprint density at radius 3 is 2.74 bits per heavy atom. The van der Waals surface area contributed by atoms with Crippen LogP contribution in [0.1, 0.15) is 34.8 Å². The molecule has 2 aromatic carbocycles. The molecule has 1 heterocycles. The zero-order valence-electron chi connectivity index (χ0n) is 16.3. The third-order valence-corrected chi connectivity index (χ3v) is 5.12. The van der Waals surface area contributed by atoms with Crippen LogP contribution in [-0.2, 0) is 11.3 Å². The van der Waals surface area contributed by atoms with Gasteiger partial charge in [-0.2, -0.15) is 0 Å². The Kier molecular flexibility index (Phi) is 6.48. The molecular weight excluding hydrogens is 340 g/mol. The second-order valence-corrected chi connectivity index (χ2v) is 6.91. The molecule has 1 unspecified atom stereocenters. The van der Waals surface area contributed by atoms with Gasteiger partial charge in [-0.1, -0.05) is 31.2 Å². The van der Waals surface area contributed by atoms with Crippen LogP contribution in [-0.4, -0.2) is 43.7 Å². The number of carbonyl (C=O) groups is 1. The zero-order valence-corrected chi connectivity index (χ0v) is 16.3. The number of para-hydroxylation sites is 1. The number of anilines is 1. The minimum atomic E-state index is -0.132. The Bertz CT molecular complexity index is 774. The van der Waals surface area contributed by atoms with Crippen LogP contribution in [0.2, 0.25) is 0 Å². The van der Waals surface area contributed by atoms with E-state index in [9.17, 15) is 4.79 Å². The summed E-state index contributed by atoms with van der Waals surface area (Å²) in [6.07, 6.45) is 1.08. The van der Waals surface area contributed by atoms with Crippen molar-refractivity contribution in [3.8, 4) is 5.75 Å². The molecule has 27 heavy (non-hydrogen) atoms. The van der Waals surface area contributed by atoms with Gasteiger partial charge in [-0.15, -0.1) is 0 Å². The number of morpholine rings is 1. The number of hydrogen-bond donors (Lipinski definition) is 1. The first-order chi connectivity index (χ1) is 13.1. The summed E-state index contributed by atoms with van der Waals surface area (Å²) in [7, 11) is 1.61. The van der Waals surface area contributed by atoms with Gasteiger partial charge in [-0.05, 0) is 42.7 Å². The fourth-order valence-electron chi connectivity index (χ4n) is 3.43. The van der Waals surface area contributed by atoms with Gasteiger partial charge < -0.3 is 14.8 Å². The molecule has 0 bridgehead atoms. The lowest BCUT2D eigenvalue weighted by Gasteiger charge is -2.35. The van der Waals surface area contributed by atoms with Gasteiger partial charge in [0.2, 0.25) is 0 Å². The van der Waals surface area contributed by atoms with Crippen LogP contribution in [0.3, 0.4) is 0 Å². The Morgan fingerprint density at radius 2 is 2.04 bits per heavy atom. The number of methoxy groups -OCH3 is 1. The van der Waals surface area contributed by atoms with E-state index in [1.807, 2.05) is 49.4 Å². The molecule has 0 radical (unpaired) electrons. The van der Waals surface area contributed by atoms with Crippen molar-refractivity contribution in [2.24, 2.45) is 0 Å². The second-order valence-electron chi connectivity index (χ2n) is 6.91. The second kappa shape index (κ2) is 9.02. The lowest BCUT2D eigenvalue weighted by Crippen LogP contribution is -2.44. The van der Waals surface area contributed by atoms with E-state index in [2.05, 4.69) is 17.1 Å². The summed E-state index contributed by atoms with van der Waals surface area (Å²) in [4.78, 5) is 15.1. The number of benzene rings is 2. The number of ether oxygens (including phenoxy) is 2. The van der Waals surface area contributed by atoms with Crippen molar-refractivity contribution in [3.63, 3.8) is 0 Å². The van der Waals surface area contributed by atoms with Crippen LogP contribution < -0.4 is 10.1 Å². The SMILES string of the molecule is CCC1COCCN1Cc1ccc(C(=O)Nc2c(C)cccc2OC)cc1. The first kappa shape index (κ1) is 19.4. The van der Waals surface area contributed by atoms with E-state index >= 15 is 0 Å². The van der Waals surface area contributed by atoms with E-state index in [4.69, 9.17) is 9.47 Å². The third-order valence-electron chi connectivity index (χ3n) is 5.12. The topological polar surface area (TPSA) is 50.8 Å². The average molecular weight is 368 g/mol. The molecule has 0 aromatic heterocycles. The Hall–Kier alpha value is -2.37. The summed E-state index contributed by atoms with van der Waals surface area (Å²) >= 11 is 0. The number of aryl methyl sites for hydroxylation is 1. The molecule has 3 rings (SSSR count). The van der Waals surface area contributed by atoms with Gasteiger partial charge in [-0.3, -0.25) is 9.69 Å². The smallest absolute Gasteiger partial charge is 0.255 e. The maximum Gasteiger partial charge on any atom is 0.255 e. The van der Waals surface area contributed by atoms with E-state index in [0.717, 1.165) is 38.3 Å². The summed E-state index contributed by atoms with van der Waals surface area (Å²) in [6, 6.07) is 14.0. The molecule has 1 aliphatic heterocycles. The van der Waals surface area contributed by atoms with Crippen LogP contribution in [0.4, 0.5) is 5.69 Å². The van der Waals surface area contributed by atoms with Crippen molar-refractivity contribution in [1.29, 1.82) is 0 Å². The number of nitrogens with zero attached hydrogens (tertiary/aromatic N) is 1. The zero-order chi connectivity index (χ0) is 19.2. The normalized spacial score (nSPS) is 17.5. The van der Waals surface area contributed by atoms with Crippen molar-refractivity contribution < 1.29 is 14.3 Å². The highest BCUT2D eigenvalue weighted by Crippen LogP contribution is 2.28. The maximum absolute atomic E-state index is 12.6. The first-order valence-electron chi connectivity index (χ1n) is 9.48. The van der Waals surface area contributed by atoms with E-state index in [0.29, 0.717) is 23.0 Å². The summed E-state index contributed by atoms with van der Waals surface area (Å²) < 4.78 is 10.9. The van der Waals surface area contributed by atoms with Gasteiger partial charge in [0.25, 0.3) is 5.91 Å². The van der Waals surface area contributed by atoms with Crippen LogP contribution in [0, 0.1) is 6.92 Å². The van der Waals surface area contributed by atoms with Gasteiger partial charge in [-0.25, -0.2) is 0 Å². The van der Waals surface area contributed by atoms with Gasteiger partial charge >= 0.3 is 0 Å². The first-order valence-corrected chi connectivity index (χ1v) is 9.48. The Labute approximate surface area is 161 Å². The third kappa shape index (κ3) is 4.67. The number of hydrogen-bond acceptors (Lipinski definition) is 4. The van der Waals surface area contributed by atoms with E-state index < -0.39 is 0 Å². The summed E-state index contributed by atoms with van der Waals surface area (Å²) in [6.45, 7) is 7.57. The van der Waals surface area contributed by atoms with Crippen LogP contribution >= 0.6 is 0 Å². The number of carbonyl (C=O) groups excluding carboxylic acids is 1. The molecule has 0 aliphatic carbocycles. The molecule has 2 aromatic rings. The Morgan fingerprint density at radius 1 is 1.26 bits per heavy atom. The summed E-state index contributed by atoms with van der Waals surface area (Å²) in [5, 5.41) is 2.97. The summed E-state index contributed by atoms with van der Waals surface area (Å²) in [5.41, 5.74) is 3.53. The molecule has 1 atom stereocenters. The predicted octanol–water partition coefficient (Wildman–Crippen LogP) is 3.87. The maximum atomic E-state index is 12.6. The minimum Gasteiger partial charge on any atom is -0.495 e. The lowest BCUT2D eigenvalue weighted by molar-refractivity contribution is -0.0127. The van der Waals surface area contributed by atoms with Crippen molar-refractivity contribution in [3.05, 3.63) is 59.2 Å². The molecule has 5 heteroatoms. The molecule has 1 N–H and O–H groups in total. The monoisotopic (exact) mass is 368 g/mol. The van der Waals surface area contributed by atoms with E-state index in [1.165, 1.54) is 5.56 Å². The number of rotatable bonds is 6. The quantitative estimate of drug-likeness (QED) is 0.841. The number of amides is 1. The standard InChI is InChI=1S/C22H28N2O3/c1-4-19-15-27-13-12-24(19)14-17-8-10-18(11-9-17)22(25)23-21-16(2)6-5-7-20(21)26-3/h5-11,19H,4,12-15H2,1-3H3,(H,23,25). The fraction of sp³-hybridized carbons (Fsp3) is 0.409. The van der Waals surface area contributed by atoms with Crippen molar-refractivity contribution in [2.45, 2.75) is 32.9 Å². The van der Waals surface area contributed by atoms with Crippen molar-refractivity contribution in [1.82, 2.24) is 4.90 Å². The molecule has 1 aliphatic rings. The van der Waals surface area contributed by atoms with Crippen molar-refractivity contribution >= 4 is 11.6 Å². The van der Waals surface area contributed by atoms with E-state index in [-0.39, 0.29) is 5.91 Å². The van der Waals surface area contributed by atoms with Crippen molar-refractivity contribution in [2.75, 3.05) is 32.2 Å². The summed E-state index contributed by atoms with van der Waals surface area (Å²) in [5.74, 6) is 0.532. The van der Waals surface area contributed by atoms with Crippen LogP contribution in [0.25, 0.3) is 0 Å². The molecule has 1 saturated heterocycles. The Balaban J connectivity index is 1.67. The molecule has 144 valence electrons. The van der Waals surface area contributed by atoms with Crippen LogP contribution in [0.5, 0.6) is 5.75 Å². The largest absolute Gasteiger partial charge is 0.495 e. The highest BCUT2D eigenvalue weighted by Gasteiger charge is 2.21. The van der Waals surface area contributed by atoms with Gasteiger partial charge in [0.05, 0.1) is 26.0 Å². The fourth-order valence-corrected chi connectivity index (χ4v) is 3.43. The minimum absolute atomic E-state index is 0.132. The molecule has 5 nitrogen and oxygen atoms in total. The van der Waals surface area contributed by atoms with Gasteiger partial charge in [0.1, 0.15) is 5.75 Å². The molecule has 0 saturated carbocycles. The highest BCUT2D eigenvalue weighted by atomic mass is 16.5. The highest BCUT2D eigenvalue weighted by molar-refractivity contribution is 6.05. The van der Waals surface area contributed by atoms with Gasteiger partial charge in [0, 0.05) is 24.7 Å². The van der Waals surface area contributed by atoms with E-state index in [1.54, 1.807) is 7.11 Å². The predicted molar refractivity (Wildman–Crippen MR) is 107 cm³/mol. The van der Waals surface area contributed by atoms with Gasteiger partial charge in [0.15, 0.2) is 0 Å².